The summed E-state index contributed by atoms with van der Waals surface area (Å²) < 4.78 is 15.4. The summed E-state index contributed by atoms with van der Waals surface area (Å²) in [7, 11) is 2.19. The van der Waals surface area contributed by atoms with Crippen molar-refractivity contribution in [2.75, 3.05) is 20.1 Å². The molecule has 0 N–H and O–H groups in total. The number of aromatic nitrogens is 1. The van der Waals surface area contributed by atoms with Crippen molar-refractivity contribution in [1.29, 1.82) is 0 Å². The summed E-state index contributed by atoms with van der Waals surface area (Å²) in [4.78, 5) is 2.40. The summed E-state index contributed by atoms with van der Waals surface area (Å²) in [6.45, 7) is 4.33. The van der Waals surface area contributed by atoms with Gasteiger partial charge in [-0.1, -0.05) is 23.8 Å². The zero-order valence-electron chi connectivity index (χ0n) is 14.8. The third-order valence-electron chi connectivity index (χ3n) is 5.14. The lowest BCUT2D eigenvalue weighted by Crippen LogP contribution is -2.21. The summed E-state index contributed by atoms with van der Waals surface area (Å²) in [6.07, 6.45) is 6.33. The molecular weight excluding hydrogens is 311 g/mol. The van der Waals surface area contributed by atoms with Crippen molar-refractivity contribution >= 4 is 23.2 Å². The summed E-state index contributed by atoms with van der Waals surface area (Å²) >= 11 is 0. The minimum absolute atomic E-state index is 0.198. The lowest BCUT2D eigenvalue weighted by molar-refractivity contribution is 0.351. The molecule has 0 aliphatic carbocycles. The summed E-state index contributed by atoms with van der Waals surface area (Å²) in [5.74, 6) is -0.198. The normalized spacial score (nSPS) is 15.6. The Bertz CT molecular complexity index is 935. The largest absolute Gasteiger partial charge is 0.320 e. The number of halogens is 1. The maximum atomic E-state index is 13.1. The first-order chi connectivity index (χ1) is 12.1. The van der Waals surface area contributed by atoms with Crippen LogP contribution in [0.4, 0.5) is 4.39 Å². The molecule has 0 atom stereocenters. The van der Waals surface area contributed by atoms with Crippen LogP contribution in [0.25, 0.3) is 23.2 Å². The van der Waals surface area contributed by atoms with Gasteiger partial charge in [-0.15, -0.1) is 0 Å². The van der Waals surface area contributed by atoms with E-state index in [1.165, 1.54) is 39.9 Å². The molecule has 1 aromatic heterocycles. The van der Waals surface area contributed by atoms with Gasteiger partial charge < -0.3 is 9.47 Å². The average molecular weight is 334 g/mol. The van der Waals surface area contributed by atoms with E-state index >= 15 is 0 Å². The maximum absolute atomic E-state index is 13.1. The van der Waals surface area contributed by atoms with Crippen LogP contribution in [-0.4, -0.2) is 29.6 Å². The van der Waals surface area contributed by atoms with Gasteiger partial charge in [0.25, 0.3) is 0 Å². The average Bonchev–Trinajstić information content (AvgIpc) is 2.75. The second-order valence-electron chi connectivity index (χ2n) is 6.99. The van der Waals surface area contributed by atoms with Gasteiger partial charge in [-0.3, -0.25) is 0 Å². The van der Waals surface area contributed by atoms with E-state index in [0.29, 0.717) is 0 Å². The first-order valence-corrected chi connectivity index (χ1v) is 8.86. The number of benzene rings is 2. The molecule has 0 saturated heterocycles. The number of likely N-dealkylation sites (N-methyl/N-ethyl adjacent to an activating group) is 1. The van der Waals surface area contributed by atoms with Crippen LogP contribution >= 0.6 is 0 Å². The van der Waals surface area contributed by atoms with E-state index in [1.54, 1.807) is 0 Å². The molecule has 3 heteroatoms. The molecule has 0 radical (unpaired) electrons. The molecule has 1 aliphatic rings. The first kappa shape index (κ1) is 16.1. The summed E-state index contributed by atoms with van der Waals surface area (Å²) in [5, 5.41) is 1.37. The molecule has 1 aliphatic heterocycles. The Morgan fingerprint density at radius 2 is 1.76 bits per heavy atom. The fourth-order valence-corrected chi connectivity index (χ4v) is 3.71. The minimum atomic E-state index is -0.198. The van der Waals surface area contributed by atoms with Crippen LogP contribution in [0.3, 0.4) is 0 Å². The van der Waals surface area contributed by atoms with E-state index < -0.39 is 0 Å². The number of fused-ring (bicyclic) bond motifs is 3. The van der Waals surface area contributed by atoms with Crippen LogP contribution in [-0.2, 0) is 12.8 Å². The van der Waals surface area contributed by atoms with Crippen molar-refractivity contribution in [1.82, 2.24) is 9.47 Å². The van der Waals surface area contributed by atoms with Gasteiger partial charge in [-0.25, -0.2) is 4.39 Å². The molecule has 2 heterocycles. The van der Waals surface area contributed by atoms with Crippen molar-refractivity contribution in [3.63, 3.8) is 0 Å². The minimum Gasteiger partial charge on any atom is -0.320 e. The fraction of sp³-hybridized carbons (Fsp3) is 0.273. The molecule has 2 nitrogen and oxygen atoms in total. The Balaban J connectivity index is 1.83. The Morgan fingerprint density at radius 3 is 2.56 bits per heavy atom. The SMILES string of the molecule is Cc1ccc2c(c1)c1c(n2/C=C/c2ccc(F)cc2)CCN(C)CC1. The fourth-order valence-electron chi connectivity index (χ4n) is 3.71. The number of nitrogens with zero attached hydrogens (tertiary/aromatic N) is 2. The Hall–Kier alpha value is -2.39. The van der Waals surface area contributed by atoms with Crippen LogP contribution in [0.15, 0.2) is 42.5 Å². The highest BCUT2D eigenvalue weighted by molar-refractivity contribution is 5.89. The van der Waals surface area contributed by atoms with E-state index in [0.717, 1.165) is 31.5 Å². The van der Waals surface area contributed by atoms with Gasteiger partial charge >= 0.3 is 0 Å². The van der Waals surface area contributed by atoms with Crippen molar-refractivity contribution < 1.29 is 4.39 Å². The topological polar surface area (TPSA) is 8.17 Å². The Kier molecular flexibility index (Phi) is 4.18. The van der Waals surface area contributed by atoms with Gasteiger partial charge in [0.05, 0.1) is 5.52 Å². The highest BCUT2D eigenvalue weighted by atomic mass is 19.1. The number of hydrogen-bond donors (Lipinski definition) is 0. The highest BCUT2D eigenvalue weighted by Gasteiger charge is 2.19. The monoisotopic (exact) mass is 334 g/mol. The molecule has 0 unspecified atom stereocenters. The molecule has 0 spiro atoms. The van der Waals surface area contributed by atoms with E-state index in [2.05, 4.69) is 53.9 Å². The molecule has 4 rings (SSSR count). The van der Waals surface area contributed by atoms with E-state index in [9.17, 15) is 4.39 Å². The maximum Gasteiger partial charge on any atom is 0.123 e. The van der Waals surface area contributed by atoms with Gasteiger partial charge in [-0.2, -0.15) is 0 Å². The Labute approximate surface area is 148 Å². The quantitative estimate of drug-likeness (QED) is 0.657. The molecule has 0 saturated carbocycles. The molecule has 0 amide bonds. The van der Waals surface area contributed by atoms with Crippen LogP contribution in [0.2, 0.25) is 0 Å². The zero-order chi connectivity index (χ0) is 17.4. The highest BCUT2D eigenvalue weighted by Crippen LogP contribution is 2.30. The van der Waals surface area contributed by atoms with Crippen LogP contribution in [0.1, 0.15) is 22.4 Å². The number of aryl methyl sites for hydroxylation is 1. The predicted molar refractivity (Wildman–Crippen MR) is 103 cm³/mol. The van der Waals surface area contributed by atoms with Crippen molar-refractivity contribution in [2.24, 2.45) is 0 Å². The van der Waals surface area contributed by atoms with Crippen LogP contribution < -0.4 is 0 Å². The second kappa shape index (κ2) is 6.49. The van der Waals surface area contributed by atoms with Crippen molar-refractivity contribution in [3.8, 4) is 0 Å². The lowest BCUT2D eigenvalue weighted by Gasteiger charge is -2.12. The zero-order valence-corrected chi connectivity index (χ0v) is 14.8. The summed E-state index contributed by atoms with van der Waals surface area (Å²) in [5.41, 5.74) is 6.45. The molecule has 0 bridgehead atoms. The smallest absolute Gasteiger partial charge is 0.123 e. The van der Waals surface area contributed by atoms with Crippen LogP contribution in [0.5, 0.6) is 0 Å². The standard InChI is InChI=1S/C22H23FN2/c1-16-3-8-21-20(15-16)19-10-12-24(2)13-11-22(19)25(21)14-9-17-4-6-18(23)7-5-17/h3-9,14-15H,10-13H2,1-2H3/b14-9+. The van der Waals surface area contributed by atoms with Gasteiger partial charge in [0, 0.05) is 36.8 Å². The number of hydrogen-bond acceptors (Lipinski definition) is 1. The molecule has 25 heavy (non-hydrogen) atoms. The predicted octanol–water partition coefficient (Wildman–Crippen LogP) is 4.75. The molecule has 3 aromatic rings. The van der Waals surface area contributed by atoms with Crippen LogP contribution in [0, 0.1) is 12.7 Å². The van der Waals surface area contributed by atoms with Crippen molar-refractivity contribution in [2.45, 2.75) is 19.8 Å². The molecular formula is C22H23FN2. The molecule has 128 valence electrons. The Morgan fingerprint density at radius 1 is 1.00 bits per heavy atom. The second-order valence-corrected chi connectivity index (χ2v) is 6.99. The van der Waals surface area contributed by atoms with Gasteiger partial charge in [0.15, 0.2) is 0 Å². The molecule has 2 aromatic carbocycles. The third-order valence-corrected chi connectivity index (χ3v) is 5.14. The van der Waals surface area contributed by atoms with E-state index in [4.69, 9.17) is 0 Å². The van der Waals surface area contributed by atoms with Crippen molar-refractivity contribution in [3.05, 3.63) is 70.7 Å². The number of rotatable bonds is 2. The van der Waals surface area contributed by atoms with E-state index in [1.807, 2.05) is 12.1 Å². The first-order valence-electron chi connectivity index (χ1n) is 8.86. The van der Waals surface area contributed by atoms with E-state index in [-0.39, 0.29) is 5.82 Å². The van der Waals surface area contributed by atoms with Gasteiger partial charge in [0.1, 0.15) is 5.82 Å². The molecule has 0 fully saturated rings. The van der Waals surface area contributed by atoms with Gasteiger partial charge in [0.2, 0.25) is 0 Å². The third kappa shape index (κ3) is 3.12. The lowest BCUT2D eigenvalue weighted by atomic mass is 10.1. The van der Waals surface area contributed by atoms with Gasteiger partial charge in [-0.05, 0) is 61.9 Å². The summed E-state index contributed by atoms with van der Waals surface area (Å²) in [6, 6.07) is 13.3.